The van der Waals surface area contributed by atoms with E-state index in [1.165, 1.54) is 18.6 Å². The lowest BCUT2D eigenvalue weighted by atomic mass is 10.2. The fraction of sp³-hybridized carbons (Fsp3) is 0.308. The van der Waals surface area contributed by atoms with Crippen LogP contribution in [-0.4, -0.2) is 30.5 Å². The van der Waals surface area contributed by atoms with Crippen molar-refractivity contribution in [3.63, 3.8) is 0 Å². The third-order valence-corrected chi connectivity index (χ3v) is 3.04. The zero-order chi connectivity index (χ0) is 15.0. The number of sulfone groups is 1. The molecule has 0 aromatic carbocycles. The van der Waals surface area contributed by atoms with Crippen molar-refractivity contribution < 1.29 is 13.2 Å². The summed E-state index contributed by atoms with van der Waals surface area (Å²) in [6.45, 7) is 3.39. The molecule has 0 saturated carbocycles. The molecular formula is C13H15N3O3S. The summed E-state index contributed by atoms with van der Waals surface area (Å²) in [5.41, 5.74) is 0.535. The second kappa shape index (κ2) is 7.40. The zero-order valence-electron chi connectivity index (χ0n) is 11.1. The van der Waals surface area contributed by atoms with E-state index in [9.17, 15) is 13.2 Å². The van der Waals surface area contributed by atoms with Gasteiger partial charge < -0.3 is 5.32 Å². The molecule has 0 aliphatic rings. The van der Waals surface area contributed by atoms with Crippen LogP contribution in [0.25, 0.3) is 0 Å². The monoisotopic (exact) mass is 293 g/mol. The highest BCUT2D eigenvalue weighted by Crippen LogP contribution is 2.01. The quantitative estimate of drug-likeness (QED) is 0.489. The third kappa shape index (κ3) is 5.63. The van der Waals surface area contributed by atoms with Crippen LogP contribution in [0.3, 0.4) is 0 Å². The Kier molecular flexibility index (Phi) is 5.87. The summed E-state index contributed by atoms with van der Waals surface area (Å²) < 4.78 is 22.3. The Balaban J connectivity index is 2.48. The van der Waals surface area contributed by atoms with Gasteiger partial charge in [-0.05, 0) is 12.6 Å². The van der Waals surface area contributed by atoms with Crippen LogP contribution < -0.4 is 5.32 Å². The normalized spacial score (nSPS) is 10.2. The summed E-state index contributed by atoms with van der Waals surface area (Å²) in [5.74, 6) is 5.58. The second-order valence-corrected chi connectivity index (χ2v) is 5.86. The summed E-state index contributed by atoms with van der Waals surface area (Å²) in [7, 11) is -3.39. The molecule has 0 aliphatic heterocycles. The SMILES string of the molecule is C=CNC(=O)CCCC#Cc1cnc(S(C)(=O)=O)nc1. The highest BCUT2D eigenvalue weighted by molar-refractivity contribution is 7.90. The van der Waals surface area contributed by atoms with Gasteiger partial charge in [0.1, 0.15) is 0 Å². The largest absolute Gasteiger partial charge is 0.333 e. The molecule has 106 valence electrons. The summed E-state index contributed by atoms with van der Waals surface area (Å²) in [4.78, 5) is 18.5. The predicted octanol–water partition coefficient (Wildman–Crippen LogP) is 0.662. The van der Waals surface area contributed by atoms with Crippen LogP contribution in [0.4, 0.5) is 0 Å². The first-order valence-electron chi connectivity index (χ1n) is 5.84. The summed E-state index contributed by atoms with van der Waals surface area (Å²) >= 11 is 0. The minimum absolute atomic E-state index is 0.0948. The highest BCUT2D eigenvalue weighted by atomic mass is 32.2. The van der Waals surface area contributed by atoms with Gasteiger partial charge in [-0.2, -0.15) is 0 Å². The van der Waals surface area contributed by atoms with Crippen LogP contribution in [0.15, 0.2) is 30.3 Å². The summed E-state index contributed by atoms with van der Waals surface area (Å²) in [5, 5.41) is 2.26. The number of rotatable bonds is 5. The van der Waals surface area contributed by atoms with Gasteiger partial charge >= 0.3 is 0 Å². The molecule has 0 fully saturated rings. The number of hydrogen-bond donors (Lipinski definition) is 1. The van der Waals surface area contributed by atoms with Crippen molar-refractivity contribution in [1.29, 1.82) is 0 Å². The standard InChI is InChI=1S/C13H15N3O3S/c1-3-14-12(17)8-6-4-5-7-11-9-15-13(16-10-11)20(2,18)19/h3,9-10H,1,4,6,8H2,2H3,(H,14,17). The van der Waals surface area contributed by atoms with Gasteiger partial charge in [0, 0.05) is 31.5 Å². The molecule has 20 heavy (non-hydrogen) atoms. The van der Waals surface area contributed by atoms with Crippen molar-refractivity contribution in [2.24, 2.45) is 0 Å². The number of hydrogen-bond acceptors (Lipinski definition) is 5. The smallest absolute Gasteiger partial charge is 0.246 e. The number of nitrogens with one attached hydrogen (secondary N) is 1. The van der Waals surface area contributed by atoms with Crippen LogP contribution in [-0.2, 0) is 14.6 Å². The van der Waals surface area contributed by atoms with Crippen LogP contribution in [0.1, 0.15) is 24.8 Å². The van der Waals surface area contributed by atoms with E-state index in [0.717, 1.165) is 6.26 Å². The Morgan fingerprint density at radius 1 is 1.45 bits per heavy atom. The molecule has 6 nitrogen and oxygen atoms in total. The Morgan fingerprint density at radius 2 is 2.10 bits per heavy atom. The highest BCUT2D eigenvalue weighted by Gasteiger charge is 2.09. The molecule has 0 spiro atoms. The minimum atomic E-state index is -3.39. The first kappa shape index (κ1) is 15.9. The molecule has 1 aromatic heterocycles. The van der Waals surface area contributed by atoms with E-state index in [4.69, 9.17) is 0 Å². The molecule has 1 amide bonds. The van der Waals surface area contributed by atoms with E-state index in [2.05, 4.69) is 33.7 Å². The average Bonchev–Trinajstić information content (AvgIpc) is 2.38. The van der Waals surface area contributed by atoms with Crippen LogP contribution in [0.2, 0.25) is 0 Å². The lowest BCUT2D eigenvalue weighted by Gasteiger charge is -1.96. The van der Waals surface area contributed by atoms with Gasteiger partial charge in [-0.15, -0.1) is 0 Å². The second-order valence-electron chi connectivity index (χ2n) is 3.95. The van der Waals surface area contributed by atoms with Gasteiger partial charge in [0.2, 0.25) is 20.9 Å². The third-order valence-electron chi connectivity index (χ3n) is 2.16. The van der Waals surface area contributed by atoms with Gasteiger partial charge in [0.25, 0.3) is 0 Å². The molecule has 1 heterocycles. The molecule has 0 radical (unpaired) electrons. The van der Waals surface area contributed by atoms with Crippen molar-refractivity contribution in [2.75, 3.05) is 6.26 Å². The maximum atomic E-state index is 11.2. The summed E-state index contributed by atoms with van der Waals surface area (Å²) in [6.07, 6.45) is 6.68. The summed E-state index contributed by atoms with van der Waals surface area (Å²) in [6, 6.07) is 0. The Labute approximate surface area is 118 Å². The number of carbonyl (C=O) groups is 1. The van der Waals surface area contributed by atoms with E-state index >= 15 is 0 Å². The van der Waals surface area contributed by atoms with E-state index in [1.54, 1.807) is 0 Å². The number of unbranched alkanes of at least 4 members (excludes halogenated alkanes) is 1. The molecule has 0 aliphatic carbocycles. The van der Waals surface area contributed by atoms with Crippen LogP contribution in [0.5, 0.6) is 0 Å². The van der Waals surface area contributed by atoms with Gasteiger partial charge in [-0.1, -0.05) is 18.4 Å². The van der Waals surface area contributed by atoms with Crippen molar-refractivity contribution >= 4 is 15.7 Å². The van der Waals surface area contributed by atoms with Gasteiger partial charge in [0.05, 0.1) is 5.56 Å². The van der Waals surface area contributed by atoms with Gasteiger partial charge in [-0.25, -0.2) is 18.4 Å². The van der Waals surface area contributed by atoms with Crippen molar-refractivity contribution in [2.45, 2.75) is 24.4 Å². The fourth-order valence-corrected chi connectivity index (χ4v) is 1.75. The molecule has 0 unspecified atom stereocenters. The molecule has 0 atom stereocenters. The topological polar surface area (TPSA) is 89.0 Å². The number of amides is 1. The molecule has 1 N–H and O–H groups in total. The number of aromatic nitrogens is 2. The Hall–Kier alpha value is -2.20. The maximum Gasteiger partial charge on any atom is 0.246 e. The molecule has 7 heteroatoms. The molecule has 1 aromatic rings. The zero-order valence-corrected chi connectivity index (χ0v) is 11.9. The van der Waals surface area contributed by atoms with Gasteiger partial charge in [-0.3, -0.25) is 4.79 Å². The Morgan fingerprint density at radius 3 is 2.65 bits per heavy atom. The molecular weight excluding hydrogens is 278 g/mol. The van der Waals surface area contributed by atoms with Crippen molar-refractivity contribution in [3.05, 3.63) is 30.7 Å². The van der Waals surface area contributed by atoms with Crippen molar-refractivity contribution in [3.8, 4) is 11.8 Å². The van der Waals surface area contributed by atoms with Crippen LogP contribution in [0, 0.1) is 11.8 Å². The Bertz CT molecular complexity index is 640. The number of nitrogens with zero attached hydrogens (tertiary/aromatic N) is 2. The van der Waals surface area contributed by atoms with E-state index in [0.29, 0.717) is 24.8 Å². The number of carbonyl (C=O) groups excluding carboxylic acids is 1. The predicted molar refractivity (Wildman–Crippen MR) is 74.2 cm³/mol. The molecule has 0 bridgehead atoms. The maximum absolute atomic E-state index is 11.2. The van der Waals surface area contributed by atoms with Crippen LogP contribution >= 0.6 is 0 Å². The first-order valence-corrected chi connectivity index (χ1v) is 7.74. The lowest BCUT2D eigenvalue weighted by Crippen LogP contribution is -2.15. The van der Waals surface area contributed by atoms with Crippen molar-refractivity contribution in [1.82, 2.24) is 15.3 Å². The lowest BCUT2D eigenvalue weighted by molar-refractivity contribution is -0.120. The van der Waals surface area contributed by atoms with E-state index in [1.807, 2.05) is 0 Å². The fourth-order valence-electron chi connectivity index (χ4n) is 1.26. The average molecular weight is 293 g/mol. The van der Waals surface area contributed by atoms with E-state index in [-0.39, 0.29) is 11.1 Å². The van der Waals surface area contributed by atoms with Gasteiger partial charge in [0.15, 0.2) is 0 Å². The minimum Gasteiger partial charge on any atom is -0.333 e. The van der Waals surface area contributed by atoms with E-state index < -0.39 is 9.84 Å². The first-order chi connectivity index (χ1) is 9.43. The molecule has 0 saturated heterocycles. The molecule has 1 rings (SSSR count).